The Balaban J connectivity index is 2.71. The van der Waals surface area contributed by atoms with Crippen molar-refractivity contribution in [2.45, 2.75) is 51.2 Å². The molecule has 0 saturated carbocycles. The van der Waals surface area contributed by atoms with Crippen molar-refractivity contribution in [2.75, 3.05) is 12.3 Å². The van der Waals surface area contributed by atoms with Crippen LogP contribution in [0.2, 0.25) is 0 Å². The van der Waals surface area contributed by atoms with Crippen LogP contribution in [0.15, 0.2) is 0 Å². The second kappa shape index (κ2) is 8.38. The molecule has 22 heavy (non-hydrogen) atoms. The number of nitrogens with two attached hydrogens (primary N) is 1. The number of hydrogen-bond acceptors (Lipinski definition) is 5. The van der Waals surface area contributed by atoms with Crippen LogP contribution >= 0.6 is 12.6 Å². The summed E-state index contributed by atoms with van der Waals surface area (Å²) in [7, 11) is 0. The van der Waals surface area contributed by atoms with E-state index in [9.17, 15) is 14.4 Å². The average Bonchev–Trinajstić information content (AvgIpc) is 2.91. The Morgan fingerprint density at radius 2 is 2.05 bits per heavy atom. The summed E-state index contributed by atoms with van der Waals surface area (Å²) in [4.78, 5) is 37.0. The van der Waals surface area contributed by atoms with E-state index in [-0.39, 0.29) is 17.6 Å². The molecule has 8 heteroatoms. The molecule has 0 spiro atoms. The molecule has 0 bridgehead atoms. The Labute approximate surface area is 136 Å². The zero-order valence-electron chi connectivity index (χ0n) is 13.0. The van der Waals surface area contributed by atoms with Crippen LogP contribution in [0.1, 0.15) is 33.1 Å². The highest BCUT2D eigenvalue weighted by Crippen LogP contribution is 2.20. The molecule has 1 saturated heterocycles. The van der Waals surface area contributed by atoms with Gasteiger partial charge in [-0.15, -0.1) is 0 Å². The molecule has 1 rings (SSSR count). The molecule has 2 amide bonds. The summed E-state index contributed by atoms with van der Waals surface area (Å²) in [5.74, 6) is -1.56. The van der Waals surface area contributed by atoms with Gasteiger partial charge in [0.2, 0.25) is 11.8 Å². The molecule has 126 valence electrons. The molecule has 3 unspecified atom stereocenters. The summed E-state index contributed by atoms with van der Waals surface area (Å²) in [6.07, 6.45) is 1.78. The molecule has 1 aliphatic rings. The van der Waals surface area contributed by atoms with Crippen LogP contribution in [0.25, 0.3) is 0 Å². The molecule has 0 aliphatic carbocycles. The van der Waals surface area contributed by atoms with Crippen molar-refractivity contribution in [3.05, 3.63) is 0 Å². The Bertz CT molecular complexity index is 430. The molecule has 3 atom stereocenters. The standard InChI is InChI=1S/C14H25N3O4S/c1-8(2)6-9(15)13(19)17-5-3-4-11(17)12(18)16-10(7-22)14(20)21/h8-11,22H,3-7,15H2,1-2H3,(H,16,18)(H,20,21). The largest absolute Gasteiger partial charge is 0.480 e. The highest BCUT2D eigenvalue weighted by Gasteiger charge is 2.37. The van der Waals surface area contributed by atoms with Crippen LogP contribution in [0.3, 0.4) is 0 Å². The second-order valence-electron chi connectivity index (χ2n) is 6.01. The van der Waals surface area contributed by atoms with E-state index < -0.39 is 30.0 Å². The summed E-state index contributed by atoms with van der Waals surface area (Å²) >= 11 is 3.91. The van der Waals surface area contributed by atoms with Crippen molar-refractivity contribution in [1.82, 2.24) is 10.2 Å². The predicted molar refractivity (Wildman–Crippen MR) is 85.6 cm³/mol. The molecule has 0 aromatic carbocycles. The van der Waals surface area contributed by atoms with E-state index in [4.69, 9.17) is 10.8 Å². The maximum atomic E-state index is 12.4. The number of rotatable bonds is 7. The molecule has 1 heterocycles. The Morgan fingerprint density at radius 3 is 2.55 bits per heavy atom. The van der Waals surface area contributed by atoms with Crippen molar-refractivity contribution in [2.24, 2.45) is 11.7 Å². The lowest BCUT2D eigenvalue weighted by molar-refractivity contribution is -0.143. The Kier molecular flexibility index (Phi) is 7.15. The van der Waals surface area contributed by atoms with Gasteiger partial charge in [0.15, 0.2) is 0 Å². The van der Waals surface area contributed by atoms with E-state index in [0.29, 0.717) is 25.8 Å². The molecule has 0 radical (unpaired) electrons. The van der Waals surface area contributed by atoms with E-state index in [0.717, 1.165) is 0 Å². The van der Waals surface area contributed by atoms with Crippen LogP contribution < -0.4 is 11.1 Å². The molecule has 4 N–H and O–H groups in total. The van der Waals surface area contributed by atoms with Crippen LogP contribution in [-0.4, -0.2) is 58.2 Å². The van der Waals surface area contributed by atoms with Crippen LogP contribution in [0.5, 0.6) is 0 Å². The van der Waals surface area contributed by atoms with Gasteiger partial charge < -0.3 is 21.1 Å². The number of amides is 2. The molecule has 1 fully saturated rings. The fourth-order valence-corrected chi connectivity index (χ4v) is 2.83. The quantitative estimate of drug-likeness (QED) is 0.485. The maximum Gasteiger partial charge on any atom is 0.327 e. The summed E-state index contributed by atoms with van der Waals surface area (Å²) in [5, 5.41) is 11.4. The lowest BCUT2D eigenvalue weighted by Crippen LogP contribution is -2.54. The topological polar surface area (TPSA) is 113 Å². The number of carboxylic acids is 1. The molecule has 1 aliphatic heterocycles. The SMILES string of the molecule is CC(C)CC(N)C(=O)N1CCCC1C(=O)NC(CS)C(=O)O. The third-order valence-corrected chi connectivity index (χ3v) is 4.04. The zero-order chi connectivity index (χ0) is 16.9. The van der Waals surface area contributed by atoms with Crippen molar-refractivity contribution >= 4 is 30.4 Å². The molecule has 0 aromatic heterocycles. The van der Waals surface area contributed by atoms with Crippen molar-refractivity contribution in [3.8, 4) is 0 Å². The van der Waals surface area contributed by atoms with Gasteiger partial charge in [-0.05, 0) is 25.2 Å². The minimum atomic E-state index is -1.14. The molecule has 7 nitrogen and oxygen atoms in total. The van der Waals surface area contributed by atoms with Gasteiger partial charge in [-0.1, -0.05) is 13.8 Å². The van der Waals surface area contributed by atoms with Gasteiger partial charge >= 0.3 is 5.97 Å². The number of nitrogens with one attached hydrogen (secondary N) is 1. The van der Waals surface area contributed by atoms with E-state index in [1.54, 1.807) is 0 Å². The minimum absolute atomic E-state index is 0.00535. The number of carbonyl (C=O) groups excluding carboxylic acids is 2. The van der Waals surface area contributed by atoms with E-state index in [1.165, 1.54) is 4.90 Å². The van der Waals surface area contributed by atoms with Crippen LogP contribution in [0, 0.1) is 5.92 Å². The van der Waals surface area contributed by atoms with E-state index >= 15 is 0 Å². The highest BCUT2D eigenvalue weighted by molar-refractivity contribution is 7.80. The maximum absolute atomic E-state index is 12.4. The third-order valence-electron chi connectivity index (χ3n) is 3.68. The van der Waals surface area contributed by atoms with Crippen molar-refractivity contribution in [1.29, 1.82) is 0 Å². The highest BCUT2D eigenvalue weighted by atomic mass is 32.1. The van der Waals surface area contributed by atoms with E-state index in [2.05, 4.69) is 17.9 Å². The second-order valence-corrected chi connectivity index (χ2v) is 6.37. The lowest BCUT2D eigenvalue weighted by atomic mass is 10.0. The first-order chi connectivity index (χ1) is 10.3. The van der Waals surface area contributed by atoms with Gasteiger partial charge in [0.05, 0.1) is 6.04 Å². The van der Waals surface area contributed by atoms with Gasteiger partial charge in [-0.2, -0.15) is 12.6 Å². The van der Waals surface area contributed by atoms with Gasteiger partial charge in [-0.3, -0.25) is 9.59 Å². The van der Waals surface area contributed by atoms with Gasteiger partial charge in [-0.25, -0.2) is 4.79 Å². The number of thiol groups is 1. The number of carbonyl (C=O) groups is 3. The summed E-state index contributed by atoms with van der Waals surface area (Å²) in [6.45, 7) is 4.43. The van der Waals surface area contributed by atoms with Crippen LogP contribution in [-0.2, 0) is 14.4 Å². The number of hydrogen-bond donors (Lipinski definition) is 4. The fourth-order valence-electron chi connectivity index (χ4n) is 2.58. The fraction of sp³-hybridized carbons (Fsp3) is 0.786. The number of likely N-dealkylation sites (tertiary alicyclic amines) is 1. The van der Waals surface area contributed by atoms with Crippen molar-refractivity contribution in [3.63, 3.8) is 0 Å². The van der Waals surface area contributed by atoms with Gasteiger partial charge in [0.25, 0.3) is 0 Å². The number of aliphatic carboxylic acids is 1. The lowest BCUT2D eigenvalue weighted by Gasteiger charge is -2.28. The first kappa shape index (κ1) is 18.8. The zero-order valence-corrected chi connectivity index (χ0v) is 13.9. The van der Waals surface area contributed by atoms with E-state index in [1.807, 2.05) is 13.8 Å². The predicted octanol–water partition coefficient (Wildman–Crippen LogP) is -0.150. The average molecular weight is 331 g/mol. The Hall–Kier alpha value is -1.28. The van der Waals surface area contributed by atoms with Gasteiger partial charge in [0.1, 0.15) is 12.1 Å². The Morgan fingerprint density at radius 1 is 1.41 bits per heavy atom. The minimum Gasteiger partial charge on any atom is -0.480 e. The summed E-state index contributed by atoms with van der Waals surface area (Å²) in [5.41, 5.74) is 5.91. The number of carboxylic acid groups (broad SMARTS) is 1. The summed E-state index contributed by atoms with van der Waals surface area (Å²) in [6, 6.07) is -2.33. The normalized spacial score (nSPS) is 20.8. The van der Waals surface area contributed by atoms with Crippen molar-refractivity contribution < 1.29 is 19.5 Å². The number of nitrogens with zero attached hydrogens (tertiary/aromatic N) is 1. The first-order valence-corrected chi connectivity index (χ1v) is 8.11. The molecular formula is C14H25N3O4S. The first-order valence-electron chi connectivity index (χ1n) is 7.48. The molecular weight excluding hydrogens is 306 g/mol. The smallest absolute Gasteiger partial charge is 0.327 e. The third kappa shape index (κ3) is 4.88. The monoisotopic (exact) mass is 331 g/mol. The van der Waals surface area contributed by atoms with Crippen LogP contribution in [0.4, 0.5) is 0 Å². The summed E-state index contributed by atoms with van der Waals surface area (Å²) < 4.78 is 0. The van der Waals surface area contributed by atoms with Gasteiger partial charge in [0, 0.05) is 12.3 Å². The molecule has 0 aromatic rings.